The highest BCUT2D eigenvalue weighted by Crippen LogP contribution is 2.40. The highest BCUT2D eigenvalue weighted by molar-refractivity contribution is 5.52. The van der Waals surface area contributed by atoms with Gasteiger partial charge in [-0.1, -0.05) is 53.7 Å². The van der Waals surface area contributed by atoms with Crippen molar-refractivity contribution in [3.63, 3.8) is 0 Å². The fraction of sp³-hybridized carbons (Fsp3) is 0.478. The first-order chi connectivity index (χ1) is 11.9. The van der Waals surface area contributed by atoms with Gasteiger partial charge in [-0.15, -0.1) is 0 Å². The minimum Gasteiger partial charge on any atom is -0.507 e. The van der Waals surface area contributed by atoms with Gasteiger partial charge in [0, 0.05) is 5.69 Å². The van der Waals surface area contributed by atoms with Crippen LogP contribution >= 0.6 is 0 Å². The van der Waals surface area contributed by atoms with Gasteiger partial charge in [0.15, 0.2) is 0 Å². The summed E-state index contributed by atoms with van der Waals surface area (Å²) in [6, 6.07) is 10.1. The molecule has 0 aromatic heterocycles. The maximum absolute atomic E-state index is 10.8. The molecule has 2 rings (SSSR count). The Labute approximate surface area is 158 Å². The Morgan fingerprint density at radius 1 is 0.885 bits per heavy atom. The fourth-order valence-electron chi connectivity index (χ4n) is 3.19. The van der Waals surface area contributed by atoms with Crippen LogP contribution in [0.3, 0.4) is 0 Å². The zero-order valence-electron chi connectivity index (χ0n) is 17.2. The number of benzene rings is 2. The van der Waals surface area contributed by atoms with Gasteiger partial charge < -0.3 is 15.6 Å². The molecule has 0 fully saturated rings. The summed E-state index contributed by atoms with van der Waals surface area (Å²) in [7, 11) is 1.67. The lowest BCUT2D eigenvalue weighted by Gasteiger charge is -2.28. The van der Waals surface area contributed by atoms with Crippen molar-refractivity contribution in [2.45, 2.75) is 65.2 Å². The van der Waals surface area contributed by atoms with Crippen molar-refractivity contribution in [3.8, 4) is 11.5 Å². The number of aryl methyl sites for hydroxylation is 2. The molecule has 0 heterocycles. The number of rotatable bonds is 4. The maximum Gasteiger partial charge on any atom is 0.123 e. The minimum atomic E-state index is -0.116. The van der Waals surface area contributed by atoms with E-state index in [-0.39, 0.29) is 10.8 Å². The maximum atomic E-state index is 10.8. The summed E-state index contributed by atoms with van der Waals surface area (Å²) in [6.45, 7) is 12.8. The van der Waals surface area contributed by atoms with Crippen LogP contribution in [0, 0.1) is 0 Å². The molecule has 0 aliphatic rings. The number of ether oxygens (including phenoxy) is 1. The zero-order chi connectivity index (χ0) is 19.7. The molecular formula is C23H33NO2. The number of anilines is 1. The van der Waals surface area contributed by atoms with Crippen LogP contribution in [-0.2, 0) is 23.7 Å². The van der Waals surface area contributed by atoms with E-state index in [1.807, 2.05) is 18.2 Å². The molecular weight excluding hydrogens is 322 g/mol. The first-order valence-electron chi connectivity index (χ1n) is 9.22. The van der Waals surface area contributed by atoms with E-state index in [9.17, 15) is 5.11 Å². The molecule has 2 aromatic carbocycles. The summed E-state index contributed by atoms with van der Waals surface area (Å²) in [5, 5.41) is 10.8. The summed E-state index contributed by atoms with van der Waals surface area (Å²) < 4.78 is 5.32. The molecule has 26 heavy (non-hydrogen) atoms. The second-order valence-electron chi connectivity index (χ2n) is 9.10. The van der Waals surface area contributed by atoms with E-state index in [1.54, 1.807) is 7.11 Å². The molecule has 0 saturated heterocycles. The topological polar surface area (TPSA) is 55.5 Å². The molecule has 0 saturated carbocycles. The number of aromatic hydroxyl groups is 1. The summed E-state index contributed by atoms with van der Waals surface area (Å²) in [6.07, 6.45) is 1.70. The van der Waals surface area contributed by atoms with E-state index in [4.69, 9.17) is 10.5 Å². The number of methoxy groups -OCH3 is 1. The van der Waals surface area contributed by atoms with Gasteiger partial charge in [-0.3, -0.25) is 0 Å². The third-order valence-electron chi connectivity index (χ3n) is 4.82. The molecule has 0 spiro atoms. The Hall–Kier alpha value is -2.16. The predicted molar refractivity (Wildman–Crippen MR) is 110 cm³/mol. The van der Waals surface area contributed by atoms with Gasteiger partial charge in [-0.2, -0.15) is 0 Å². The van der Waals surface area contributed by atoms with Crippen LogP contribution in [0.4, 0.5) is 5.69 Å². The smallest absolute Gasteiger partial charge is 0.123 e. The average Bonchev–Trinajstić information content (AvgIpc) is 2.53. The first kappa shape index (κ1) is 20.2. The minimum absolute atomic E-state index is 0.116. The van der Waals surface area contributed by atoms with Crippen molar-refractivity contribution in [3.05, 3.63) is 52.6 Å². The van der Waals surface area contributed by atoms with Gasteiger partial charge in [0.25, 0.3) is 0 Å². The van der Waals surface area contributed by atoms with Gasteiger partial charge in [-0.05, 0) is 64.1 Å². The second-order valence-corrected chi connectivity index (χ2v) is 9.10. The number of hydrogen-bond donors (Lipinski definition) is 2. The Balaban J connectivity index is 2.41. The average molecular weight is 356 g/mol. The SMILES string of the molecule is COc1ccc(N)c(CCc2cc(C(C)(C)C)c(O)c(C(C)(C)C)c2)c1. The highest BCUT2D eigenvalue weighted by atomic mass is 16.5. The van der Waals surface area contributed by atoms with Crippen LogP contribution in [-0.4, -0.2) is 12.2 Å². The largest absolute Gasteiger partial charge is 0.507 e. The molecule has 0 bridgehead atoms. The number of phenolic OH excluding ortho intramolecular Hbond substituents is 1. The van der Waals surface area contributed by atoms with Crippen molar-refractivity contribution in [2.75, 3.05) is 12.8 Å². The molecule has 0 aliphatic carbocycles. The van der Waals surface area contributed by atoms with Gasteiger partial charge in [0.2, 0.25) is 0 Å². The Morgan fingerprint density at radius 2 is 1.42 bits per heavy atom. The lowest BCUT2D eigenvalue weighted by molar-refractivity contribution is 0.414. The second kappa shape index (κ2) is 7.22. The molecule has 0 aliphatic heterocycles. The number of hydrogen-bond acceptors (Lipinski definition) is 3. The van der Waals surface area contributed by atoms with Crippen LogP contribution in [0.5, 0.6) is 11.5 Å². The summed E-state index contributed by atoms with van der Waals surface area (Å²) >= 11 is 0. The Kier molecular flexibility index (Phi) is 5.60. The molecule has 0 radical (unpaired) electrons. The van der Waals surface area contributed by atoms with Crippen molar-refractivity contribution in [1.82, 2.24) is 0 Å². The molecule has 0 amide bonds. The number of nitrogen functional groups attached to an aromatic ring is 1. The van der Waals surface area contributed by atoms with Crippen LogP contribution in [0.1, 0.15) is 63.8 Å². The van der Waals surface area contributed by atoms with E-state index in [2.05, 4.69) is 53.7 Å². The third kappa shape index (κ3) is 4.51. The van der Waals surface area contributed by atoms with E-state index >= 15 is 0 Å². The quantitative estimate of drug-likeness (QED) is 0.726. The summed E-state index contributed by atoms with van der Waals surface area (Å²) in [5.41, 5.74) is 11.0. The monoisotopic (exact) mass is 355 g/mol. The van der Waals surface area contributed by atoms with Gasteiger partial charge >= 0.3 is 0 Å². The molecule has 2 aromatic rings. The van der Waals surface area contributed by atoms with Crippen LogP contribution in [0.2, 0.25) is 0 Å². The Morgan fingerprint density at radius 3 is 1.88 bits per heavy atom. The third-order valence-corrected chi connectivity index (χ3v) is 4.82. The highest BCUT2D eigenvalue weighted by Gasteiger charge is 2.26. The van der Waals surface area contributed by atoms with E-state index in [0.717, 1.165) is 41.0 Å². The molecule has 3 N–H and O–H groups in total. The van der Waals surface area contributed by atoms with Crippen molar-refractivity contribution in [2.24, 2.45) is 0 Å². The zero-order valence-corrected chi connectivity index (χ0v) is 17.2. The lowest BCUT2D eigenvalue weighted by atomic mass is 9.78. The molecule has 3 heteroatoms. The van der Waals surface area contributed by atoms with Crippen molar-refractivity contribution < 1.29 is 9.84 Å². The molecule has 3 nitrogen and oxygen atoms in total. The molecule has 142 valence electrons. The van der Waals surface area contributed by atoms with Crippen LogP contribution < -0.4 is 10.5 Å². The lowest BCUT2D eigenvalue weighted by Crippen LogP contribution is -2.18. The van der Waals surface area contributed by atoms with Gasteiger partial charge in [0.1, 0.15) is 11.5 Å². The molecule has 0 atom stereocenters. The van der Waals surface area contributed by atoms with Crippen molar-refractivity contribution >= 4 is 5.69 Å². The van der Waals surface area contributed by atoms with Gasteiger partial charge in [-0.25, -0.2) is 0 Å². The fourth-order valence-corrected chi connectivity index (χ4v) is 3.19. The predicted octanol–water partition coefficient (Wildman–Crippen LogP) is 5.36. The van der Waals surface area contributed by atoms with Crippen LogP contribution in [0.15, 0.2) is 30.3 Å². The number of phenols is 1. The summed E-state index contributed by atoms with van der Waals surface area (Å²) in [5.74, 6) is 1.25. The first-order valence-corrected chi connectivity index (χ1v) is 9.22. The number of nitrogens with two attached hydrogens (primary N) is 1. The standard InChI is InChI=1S/C23H33NO2/c1-22(2,3)18-12-15(13-19(21(18)25)23(4,5)6)8-9-16-14-17(26-7)10-11-20(16)24/h10-14,25H,8-9,24H2,1-7H3. The van der Waals surface area contributed by atoms with E-state index in [0.29, 0.717) is 5.75 Å². The van der Waals surface area contributed by atoms with Crippen molar-refractivity contribution in [1.29, 1.82) is 0 Å². The van der Waals surface area contributed by atoms with Gasteiger partial charge in [0.05, 0.1) is 7.11 Å². The van der Waals surface area contributed by atoms with E-state index < -0.39 is 0 Å². The summed E-state index contributed by atoms with van der Waals surface area (Å²) in [4.78, 5) is 0. The molecule has 0 unspecified atom stereocenters. The Bertz CT molecular complexity index is 745. The normalized spacial score (nSPS) is 12.3. The van der Waals surface area contributed by atoms with Crippen LogP contribution in [0.25, 0.3) is 0 Å². The van der Waals surface area contributed by atoms with E-state index in [1.165, 1.54) is 5.56 Å².